The summed E-state index contributed by atoms with van der Waals surface area (Å²) in [5, 5.41) is 5.18. The van der Waals surface area contributed by atoms with Crippen molar-refractivity contribution in [2.75, 3.05) is 5.32 Å². The van der Waals surface area contributed by atoms with E-state index in [1.54, 1.807) is 11.2 Å². The molecule has 4 rings (SSSR count). The Bertz CT molecular complexity index is 1020. The van der Waals surface area contributed by atoms with Crippen molar-refractivity contribution in [3.63, 3.8) is 0 Å². The molecular weight excluding hydrogens is 336 g/mol. The zero-order valence-corrected chi connectivity index (χ0v) is 14.8. The molecule has 0 bridgehead atoms. The fraction of sp³-hybridized carbons (Fsp3) is 0.0870. The molecule has 0 atom stereocenters. The van der Waals surface area contributed by atoms with E-state index in [4.69, 9.17) is 4.42 Å². The zero-order chi connectivity index (χ0) is 18.5. The summed E-state index contributed by atoms with van der Waals surface area (Å²) < 4.78 is 5.45. The molecule has 1 heterocycles. The van der Waals surface area contributed by atoms with E-state index < -0.39 is 0 Å². The highest BCUT2D eigenvalue weighted by Gasteiger charge is 2.17. The van der Waals surface area contributed by atoms with Crippen molar-refractivity contribution in [2.45, 2.75) is 13.1 Å². The Morgan fingerprint density at radius 1 is 0.815 bits per heavy atom. The molecule has 0 saturated carbocycles. The van der Waals surface area contributed by atoms with Crippen molar-refractivity contribution >= 4 is 22.5 Å². The van der Waals surface area contributed by atoms with Crippen LogP contribution in [0.25, 0.3) is 10.8 Å². The molecule has 4 aromatic rings. The zero-order valence-electron chi connectivity index (χ0n) is 14.8. The first-order valence-electron chi connectivity index (χ1n) is 8.89. The molecule has 0 spiro atoms. The second kappa shape index (κ2) is 7.79. The van der Waals surface area contributed by atoms with Crippen LogP contribution in [0.2, 0.25) is 0 Å². The van der Waals surface area contributed by atoms with Gasteiger partial charge in [-0.15, -0.1) is 0 Å². The molecule has 3 aromatic carbocycles. The third kappa shape index (κ3) is 4.01. The standard InChI is InChI=1S/C23H20N2O2/c26-23(24-22-14-6-11-19-10-4-5-13-21(19)22)25(17-20-12-7-15-27-20)16-18-8-2-1-3-9-18/h1-15H,16-17H2,(H,24,26). The average molecular weight is 356 g/mol. The smallest absolute Gasteiger partial charge is 0.322 e. The fourth-order valence-electron chi connectivity index (χ4n) is 3.12. The predicted octanol–water partition coefficient (Wildman–Crippen LogP) is 5.67. The number of benzene rings is 3. The summed E-state index contributed by atoms with van der Waals surface area (Å²) in [6.07, 6.45) is 1.62. The van der Waals surface area contributed by atoms with Crippen LogP contribution in [0.1, 0.15) is 11.3 Å². The van der Waals surface area contributed by atoms with Crippen molar-refractivity contribution in [1.29, 1.82) is 0 Å². The van der Waals surface area contributed by atoms with Gasteiger partial charge in [0.15, 0.2) is 0 Å². The number of fused-ring (bicyclic) bond motifs is 1. The third-order valence-electron chi connectivity index (χ3n) is 4.46. The van der Waals surface area contributed by atoms with Gasteiger partial charge in [0.1, 0.15) is 5.76 Å². The van der Waals surface area contributed by atoms with Crippen molar-refractivity contribution in [3.05, 3.63) is 103 Å². The molecule has 4 nitrogen and oxygen atoms in total. The van der Waals surface area contributed by atoms with Crippen molar-refractivity contribution in [1.82, 2.24) is 4.90 Å². The molecular formula is C23H20N2O2. The van der Waals surface area contributed by atoms with Crippen molar-refractivity contribution in [2.24, 2.45) is 0 Å². The van der Waals surface area contributed by atoms with Gasteiger partial charge in [0, 0.05) is 11.9 Å². The molecule has 134 valence electrons. The first kappa shape index (κ1) is 16.9. The Balaban J connectivity index is 1.59. The molecule has 0 aliphatic rings. The largest absolute Gasteiger partial charge is 0.467 e. The maximum Gasteiger partial charge on any atom is 0.322 e. The molecule has 0 aliphatic carbocycles. The highest BCUT2D eigenvalue weighted by molar-refractivity contribution is 6.01. The van der Waals surface area contributed by atoms with Crippen LogP contribution in [-0.2, 0) is 13.1 Å². The molecule has 1 aromatic heterocycles. The number of nitrogens with zero attached hydrogens (tertiary/aromatic N) is 1. The fourth-order valence-corrected chi connectivity index (χ4v) is 3.12. The summed E-state index contributed by atoms with van der Waals surface area (Å²) >= 11 is 0. The van der Waals surface area contributed by atoms with Crippen LogP contribution in [0.5, 0.6) is 0 Å². The van der Waals surface area contributed by atoms with E-state index in [0.29, 0.717) is 13.1 Å². The van der Waals surface area contributed by atoms with Gasteiger partial charge in [0.2, 0.25) is 0 Å². The normalized spacial score (nSPS) is 10.7. The summed E-state index contributed by atoms with van der Waals surface area (Å²) in [6.45, 7) is 0.899. The van der Waals surface area contributed by atoms with Gasteiger partial charge in [-0.3, -0.25) is 0 Å². The van der Waals surface area contributed by atoms with Crippen LogP contribution in [0.4, 0.5) is 10.5 Å². The summed E-state index contributed by atoms with van der Waals surface area (Å²) in [5.41, 5.74) is 1.87. The maximum atomic E-state index is 13.1. The quantitative estimate of drug-likeness (QED) is 0.501. The average Bonchev–Trinajstić information content (AvgIpc) is 3.22. The van der Waals surface area contributed by atoms with E-state index in [-0.39, 0.29) is 6.03 Å². The molecule has 2 amide bonds. The minimum atomic E-state index is -0.161. The van der Waals surface area contributed by atoms with Gasteiger partial charge in [-0.05, 0) is 29.1 Å². The SMILES string of the molecule is O=C(Nc1cccc2ccccc12)N(Cc1ccccc1)Cc1ccco1. The number of carbonyl (C=O) groups excluding carboxylic acids is 1. The number of furan rings is 1. The predicted molar refractivity (Wildman–Crippen MR) is 107 cm³/mol. The van der Waals surface area contributed by atoms with Gasteiger partial charge >= 0.3 is 6.03 Å². The van der Waals surface area contributed by atoms with Crippen LogP contribution in [0.15, 0.2) is 95.6 Å². The topological polar surface area (TPSA) is 45.5 Å². The van der Waals surface area contributed by atoms with Gasteiger partial charge < -0.3 is 14.6 Å². The lowest BCUT2D eigenvalue weighted by Crippen LogP contribution is -2.34. The third-order valence-corrected chi connectivity index (χ3v) is 4.46. The van der Waals surface area contributed by atoms with E-state index >= 15 is 0 Å². The monoisotopic (exact) mass is 356 g/mol. The molecule has 0 unspecified atom stereocenters. The first-order valence-corrected chi connectivity index (χ1v) is 8.89. The molecule has 0 saturated heterocycles. The highest BCUT2D eigenvalue weighted by atomic mass is 16.3. The number of amides is 2. The van der Waals surface area contributed by atoms with E-state index in [2.05, 4.69) is 5.32 Å². The van der Waals surface area contributed by atoms with Gasteiger partial charge in [0.25, 0.3) is 0 Å². The van der Waals surface area contributed by atoms with E-state index in [0.717, 1.165) is 27.8 Å². The van der Waals surface area contributed by atoms with Gasteiger partial charge in [-0.2, -0.15) is 0 Å². The molecule has 0 radical (unpaired) electrons. The Kier molecular flexibility index (Phi) is 4.88. The number of hydrogen-bond donors (Lipinski definition) is 1. The number of anilines is 1. The summed E-state index contributed by atoms with van der Waals surface area (Å²) in [7, 11) is 0. The van der Waals surface area contributed by atoms with Crippen molar-refractivity contribution < 1.29 is 9.21 Å². The molecule has 0 fully saturated rings. The van der Waals surface area contributed by atoms with Crippen LogP contribution in [0.3, 0.4) is 0 Å². The van der Waals surface area contributed by atoms with Gasteiger partial charge in [-0.1, -0.05) is 66.7 Å². The molecule has 4 heteroatoms. The minimum absolute atomic E-state index is 0.161. The first-order chi connectivity index (χ1) is 13.3. The molecule has 27 heavy (non-hydrogen) atoms. The Hall–Kier alpha value is -3.53. The van der Waals surface area contributed by atoms with Crippen molar-refractivity contribution in [3.8, 4) is 0 Å². The number of hydrogen-bond acceptors (Lipinski definition) is 2. The lowest BCUT2D eigenvalue weighted by Gasteiger charge is -2.23. The van der Waals surface area contributed by atoms with Crippen LogP contribution < -0.4 is 5.32 Å². The molecule has 1 N–H and O–H groups in total. The Morgan fingerprint density at radius 3 is 2.41 bits per heavy atom. The highest BCUT2D eigenvalue weighted by Crippen LogP contribution is 2.24. The minimum Gasteiger partial charge on any atom is -0.467 e. The maximum absolute atomic E-state index is 13.1. The Morgan fingerprint density at radius 2 is 1.59 bits per heavy atom. The van der Waals surface area contributed by atoms with Gasteiger partial charge in [-0.25, -0.2) is 4.79 Å². The summed E-state index contributed by atoms with van der Waals surface area (Å²) in [4.78, 5) is 14.8. The second-order valence-corrected chi connectivity index (χ2v) is 6.38. The van der Waals surface area contributed by atoms with E-state index in [9.17, 15) is 4.79 Å². The van der Waals surface area contributed by atoms with E-state index in [1.165, 1.54) is 0 Å². The summed E-state index contributed by atoms with van der Waals surface area (Å²) in [5.74, 6) is 0.749. The summed E-state index contributed by atoms with van der Waals surface area (Å²) in [6, 6.07) is 27.4. The van der Waals surface area contributed by atoms with E-state index in [1.807, 2.05) is 84.9 Å². The van der Waals surface area contributed by atoms with Crippen LogP contribution in [0, 0.1) is 0 Å². The van der Waals surface area contributed by atoms with Crippen LogP contribution >= 0.6 is 0 Å². The molecule has 0 aliphatic heterocycles. The number of carbonyl (C=O) groups is 1. The lowest BCUT2D eigenvalue weighted by molar-refractivity contribution is 0.201. The Labute approximate surface area is 158 Å². The van der Waals surface area contributed by atoms with Crippen LogP contribution in [-0.4, -0.2) is 10.9 Å². The van der Waals surface area contributed by atoms with Gasteiger partial charge in [0.05, 0.1) is 18.5 Å². The second-order valence-electron chi connectivity index (χ2n) is 6.38. The lowest BCUT2D eigenvalue weighted by atomic mass is 10.1. The number of urea groups is 1. The number of rotatable bonds is 5. The number of nitrogens with one attached hydrogen (secondary N) is 1.